The SMILES string of the molecule is Cc1cc2nc(NC(=O)C3CC3c3ccncc3)cc(N3CCC(NC(N)=O)CC3)n2n1. The van der Waals surface area contributed by atoms with E-state index in [9.17, 15) is 9.59 Å². The Labute approximate surface area is 185 Å². The van der Waals surface area contributed by atoms with Gasteiger partial charge in [0.1, 0.15) is 11.6 Å². The van der Waals surface area contributed by atoms with Gasteiger partial charge in [-0.2, -0.15) is 9.61 Å². The fourth-order valence-corrected chi connectivity index (χ4v) is 4.50. The van der Waals surface area contributed by atoms with Crippen molar-refractivity contribution in [2.45, 2.75) is 38.1 Å². The lowest BCUT2D eigenvalue weighted by molar-refractivity contribution is -0.117. The van der Waals surface area contributed by atoms with Gasteiger partial charge in [-0.3, -0.25) is 9.78 Å². The number of aromatic nitrogens is 4. The fourth-order valence-electron chi connectivity index (χ4n) is 4.50. The molecule has 1 saturated carbocycles. The summed E-state index contributed by atoms with van der Waals surface area (Å²) in [6, 6.07) is 7.28. The predicted molar refractivity (Wildman–Crippen MR) is 119 cm³/mol. The molecule has 2 fully saturated rings. The summed E-state index contributed by atoms with van der Waals surface area (Å²) in [4.78, 5) is 34.9. The summed E-state index contributed by atoms with van der Waals surface area (Å²) in [7, 11) is 0. The normalized spacial score (nSPS) is 20.8. The lowest BCUT2D eigenvalue weighted by Crippen LogP contribution is -2.46. The van der Waals surface area contributed by atoms with Gasteiger partial charge in [-0.15, -0.1) is 0 Å². The Balaban J connectivity index is 1.34. The van der Waals surface area contributed by atoms with E-state index in [-0.39, 0.29) is 23.8 Å². The number of nitrogens with two attached hydrogens (primary N) is 1. The number of carbonyl (C=O) groups excluding carboxylic acids is 2. The largest absolute Gasteiger partial charge is 0.356 e. The monoisotopic (exact) mass is 434 g/mol. The Kier molecular flexibility index (Phi) is 5.12. The maximum atomic E-state index is 12.9. The topological polar surface area (TPSA) is 131 Å². The van der Waals surface area contributed by atoms with Crippen molar-refractivity contribution < 1.29 is 9.59 Å². The van der Waals surface area contributed by atoms with Crippen molar-refractivity contribution in [3.63, 3.8) is 0 Å². The van der Waals surface area contributed by atoms with Crippen LogP contribution >= 0.6 is 0 Å². The molecule has 0 bridgehead atoms. The zero-order chi connectivity index (χ0) is 22.2. The van der Waals surface area contributed by atoms with Crippen LogP contribution in [0.3, 0.4) is 0 Å². The van der Waals surface area contributed by atoms with Crippen molar-refractivity contribution in [2.24, 2.45) is 11.7 Å². The first-order chi connectivity index (χ1) is 15.5. The molecule has 0 spiro atoms. The number of anilines is 2. The van der Waals surface area contributed by atoms with Crippen LogP contribution in [0.25, 0.3) is 5.65 Å². The maximum absolute atomic E-state index is 12.9. The highest BCUT2D eigenvalue weighted by atomic mass is 16.2. The van der Waals surface area contributed by atoms with E-state index in [2.05, 4.69) is 30.6 Å². The molecular formula is C22H26N8O2. The van der Waals surface area contributed by atoms with Crippen LogP contribution in [0.15, 0.2) is 36.7 Å². The van der Waals surface area contributed by atoms with Crippen LogP contribution < -0.4 is 21.3 Å². The standard InChI is InChI=1S/C22H26N8O2/c1-13-10-19-26-18(27-21(31)17-11-16(17)14-2-6-24-7-3-14)12-20(30(19)28-13)29-8-4-15(5-9-29)25-22(23)32/h2-3,6-7,10,12,15-17H,4-5,8-9,11H2,1H3,(H3,23,25,32)(H,26,27,31). The molecule has 5 rings (SSSR count). The van der Waals surface area contributed by atoms with Crippen molar-refractivity contribution in [3.05, 3.63) is 47.9 Å². The summed E-state index contributed by atoms with van der Waals surface area (Å²) in [5.41, 5.74) is 7.94. The molecule has 10 heteroatoms. The summed E-state index contributed by atoms with van der Waals surface area (Å²) in [6.45, 7) is 3.40. The van der Waals surface area contributed by atoms with E-state index in [1.165, 1.54) is 0 Å². The lowest BCUT2D eigenvalue weighted by Gasteiger charge is -2.33. The van der Waals surface area contributed by atoms with Gasteiger partial charge in [-0.05, 0) is 49.8 Å². The second kappa shape index (κ2) is 8.10. The van der Waals surface area contributed by atoms with E-state index in [1.54, 1.807) is 12.4 Å². The Morgan fingerprint density at radius 1 is 1.16 bits per heavy atom. The fraction of sp³-hybridized carbons (Fsp3) is 0.409. The zero-order valence-electron chi connectivity index (χ0n) is 17.9. The molecule has 32 heavy (non-hydrogen) atoms. The summed E-state index contributed by atoms with van der Waals surface area (Å²) in [5, 5.41) is 10.4. The number of primary amides is 1. The highest BCUT2D eigenvalue weighted by molar-refractivity contribution is 5.95. The quantitative estimate of drug-likeness (QED) is 0.561. The molecule has 2 unspecified atom stereocenters. The first kappa shape index (κ1) is 20.2. The number of carbonyl (C=O) groups is 2. The van der Waals surface area contributed by atoms with Crippen molar-refractivity contribution in [3.8, 4) is 0 Å². The van der Waals surface area contributed by atoms with Gasteiger partial charge in [0, 0.05) is 49.6 Å². The number of hydrogen-bond donors (Lipinski definition) is 3. The molecule has 0 radical (unpaired) electrons. The minimum Gasteiger partial charge on any atom is -0.356 e. The number of nitrogens with zero attached hydrogens (tertiary/aromatic N) is 5. The van der Waals surface area contributed by atoms with Crippen molar-refractivity contribution in [1.82, 2.24) is 24.9 Å². The second-order valence-electron chi connectivity index (χ2n) is 8.54. The Morgan fingerprint density at radius 2 is 1.91 bits per heavy atom. The molecule has 0 aromatic carbocycles. The van der Waals surface area contributed by atoms with Gasteiger partial charge in [-0.1, -0.05) is 0 Å². The molecular weight excluding hydrogens is 408 g/mol. The Morgan fingerprint density at radius 3 is 2.62 bits per heavy atom. The molecule has 1 saturated heterocycles. The van der Waals surface area contributed by atoms with Gasteiger partial charge < -0.3 is 21.3 Å². The van der Waals surface area contributed by atoms with E-state index in [1.807, 2.05) is 35.7 Å². The third kappa shape index (κ3) is 4.08. The van der Waals surface area contributed by atoms with Gasteiger partial charge in [-0.25, -0.2) is 9.78 Å². The minimum absolute atomic E-state index is 0.0183. The number of amides is 3. The Bertz CT molecular complexity index is 1150. The molecule has 1 aliphatic carbocycles. The lowest BCUT2D eigenvalue weighted by atomic mass is 10.1. The number of aryl methyl sites for hydroxylation is 1. The summed E-state index contributed by atoms with van der Waals surface area (Å²) >= 11 is 0. The molecule has 2 atom stereocenters. The van der Waals surface area contributed by atoms with Gasteiger partial charge in [0.05, 0.1) is 5.69 Å². The van der Waals surface area contributed by atoms with E-state index in [4.69, 9.17) is 5.73 Å². The maximum Gasteiger partial charge on any atom is 0.312 e. The van der Waals surface area contributed by atoms with E-state index < -0.39 is 6.03 Å². The molecule has 10 nitrogen and oxygen atoms in total. The van der Waals surface area contributed by atoms with Crippen LogP contribution in [-0.4, -0.2) is 50.7 Å². The summed E-state index contributed by atoms with van der Waals surface area (Å²) < 4.78 is 1.81. The number of piperidine rings is 1. The number of rotatable bonds is 5. The van der Waals surface area contributed by atoms with Crippen molar-refractivity contribution in [1.29, 1.82) is 0 Å². The van der Waals surface area contributed by atoms with Crippen LogP contribution in [-0.2, 0) is 4.79 Å². The highest BCUT2D eigenvalue weighted by Crippen LogP contribution is 2.47. The first-order valence-corrected chi connectivity index (χ1v) is 10.9. The number of fused-ring (bicyclic) bond motifs is 1. The van der Waals surface area contributed by atoms with Crippen LogP contribution in [0.4, 0.5) is 16.4 Å². The summed E-state index contributed by atoms with van der Waals surface area (Å²) in [5.74, 6) is 1.55. The highest BCUT2D eigenvalue weighted by Gasteiger charge is 2.44. The van der Waals surface area contributed by atoms with Crippen LogP contribution in [0.5, 0.6) is 0 Å². The van der Waals surface area contributed by atoms with E-state index >= 15 is 0 Å². The van der Waals surface area contributed by atoms with Crippen molar-refractivity contribution in [2.75, 3.05) is 23.3 Å². The van der Waals surface area contributed by atoms with E-state index in [0.29, 0.717) is 11.5 Å². The van der Waals surface area contributed by atoms with Gasteiger partial charge in [0.2, 0.25) is 5.91 Å². The number of urea groups is 1. The van der Waals surface area contributed by atoms with Gasteiger partial charge in [0.15, 0.2) is 5.65 Å². The average Bonchev–Trinajstić information content (AvgIpc) is 3.49. The number of hydrogen-bond acceptors (Lipinski definition) is 6. The molecule has 3 aromatic heterocycles. The third-order valence-corrected chi connectivity index (χ3v) is 6.21. The smallest absolute Gasteiger partial charge is 0.312 e. The number of pyridine rings is 1. The Hall–Kier alpha value is -3.69. The minimum atomic E-state index is -0.493. The van der Waals surface area contributed by atoms with Crippen LogP contribution in [0, 0.1) is 12.8 Å². The molecule has 3 amide bonds. The molecule has 4 N–H and O–H groups in total. The molecule has 4 heterocycles. The summed E-state index contributed by atoms with van der Waals surface area (Å²) in [6.07, 6.45) is 5.91. The predicted octanol–water partition coefficient (Wildman–Crippen LogP) is 1.81. The second-order valence-corrected chi connectivity index (χ2v) is 8.54. The number of nitrogens with one attached hydrogen (secondary N) is 2. The van der Waals surface area contributed by atoms with Crippen molar-refractivity contribution >= 4 is 29.2 Å². The zero-order valence-corrected chi connectivity index (χ0v) is 17.9. The molecule has 2 aliphatic rings. The third-order valence-electron chi connectivity index (χ3n) is 6.21. The van der Waals surface area contributed by atoms with E-state index in [0.717, 1.165) is 49.4 Å². The van der Waals surface area contributed by atoms with Gasteiger partial charge in [0.25, 0.3) is 0 Å². The van der Waals surface area contributed by atoms with Gasteiger partial charge >= 0.3 is 6.03 Å². The van der Waals surface area contributed by atoms with Crippen LogP contribution in [0.2, 0.25) is 0 Å². The molecule has 3 aromatic rings. The average molecular weight is 435 g/mol. The molecule has 166 valence electrons. The first-order valence-electron chi connectivity index (χ1n) is 10.9. The molecule has 1 aliphatic heterocycles. The van der Waals surface area contributed by atoms with Crippen LogP contribution in [0.1, 0.15) is 36.4 Å².